The second kappa shape index (κ2) is 5.02. The van der Waals surface area contributed by atoms with Gasteiger partial charge in [0.25, 0.3) is 5.56 Å². The molecule has 0 saturated carbocycles. The third-order valence-electron chi connectivity index (χ3n) is 4.70. The maximum absolute atomic E-state index is 12.8. The number of nitrogens with zero attached hydrogens (tertiary/aromatic N) is 3. The molecule has 0 spiro atoms. The summed E-state index contributed by atoms with van der Waals surface area (Å²) >= 11 is 0. The molecule has 4 rings (SSSR count). The Hall–Kier alpha value is -2.96. The number of esters is 1. The summed E-state index contributed by atoms with van der Waals surface area (Å²) in [4.78, 5) is 41.7. The highest BCUT2D eigenvalue weighted by Gasteiger charge is 2.46. The SMILES string of the molecule is Cn1c2c(c(=O)n(C)c1=O)C(c1ccccc1)C1C(=O)OCC1=N2. The van der Waals surface area contributed by atoms with Gasteiger partial charge in [-0.1, -0.05) is 30.3 Å². The van der Waals surface area contributed by atoms with E-state index in [4.69, 9.17) is 4.74 Å². The van der Waals surface area contributed by atoms with Crippen LogP contribution in [0.15, 0.2) is 44.9 Å². The van der Waals surface area contributed by atoms with Crippen molar-refractivity contribution in [3.8, 4) is 0 Å². The first kappa shape index (κ1) is 14.6. The van der Waals surface area contributed by atoms with E-state index in [0.717, 1.165) is 10.1 Å². The zero-order valence-corrected chi connectivity index (χ0v) is 13.2. The molecule has 2 unspecified atom stereocenters. The van der Waals surface area contributed by atoms with E-state index < -0.39 is 23.1 Å². The van der Waals surface area contributed by atoms with E-state index in [9.17, 15) is 14.4 Å². The summed E-state index contributed by atoms with van der Waals surface area (Å²) < 4.78 is 7.55. The average molecular weight is 325 g/mol. The first-order chi connectivity index (χ1) is 11.5. The van der Waals surface area contributed by atoms with Gasteiger partial charge in [-0.2, -0.15) is 0 Å². The van der Waals surface area contributed by atoms with Gasteiger partial charge in [0.05, 0.1) is 11.3 Å². The molecule has 0 amide bonds. The molecule has 0 radical (unpaired) electrons. The second-order valence-corrected chi connectivity index (χ2v) is 6.02. The van der Waals surface area contributed by atoms with Crippen LogP contribution in [0.3, 0.4) is 0 Å². The summed E-state index contributed by atoms with van der Waals surface area (Å²) in [7, 11) is 3.00. The number of ether oxygens (including phenoxy) is 1. The van der Waals surface area contributed by atoms with Crippen LogP contribution in [-0.4, -0.2) is 27.4 Å². The Morgan fingerprint density at radius 2 is 1.75 bits per heavy atom. The summed E-state index contributed by atoms with van der Waals surface area (Å²) in [6, 6.07) is 9.31. The minimum atomic E-state index is -0.620. The molecule has 0 N–H and O–H groups in total. The second-order valence-electron chi connectivity index (χ2n) is 6.02. The van der Waals surface area contributed by atoms with Gasteiger partial charge in [-0.3, -0.25) is 18.7 Å². The Bertz CT molecular complexity index is 1000. The number of cyclic esters (lactones) is 1. The maximum Gasteiger partial charge on any atom is 0.332 e. The van der Waals surface area contributed by atoms with Crippen molar-refractivity contribution in [3.05, 3.63) is 62.3 Å². The van der Waals surface area contributed by atoms with Crippen molar-refractivity contribution >= 4 is 17.5 Å². The van der Waals surface area contributed by atoms with Crippen molar-refractivity contribution in [1.29, 1.82) is 0 Å². The third-order valence-corrected chi connectivity index (χ3v) is 4.70. The molecule has 1 saturated heterocycles. The molecule has 122 valence electrons. The molecule has 3 heterocycles. The molecule has 0 bridgehead atoms. The van der Waals surface area contributed by atoms with Crippen LogP contribution in [-0.2, 0) is 23.6 Å². The Balaban J connectivity index is 2.11. The van der Waals surface area contributed by atoms with Crippen LogP contribution < -0.4 is 11.2 Å². The van der Waals surface area contributed by atoms with Crippen LogP contribution in [0.4, 0.5) is 5.82 Å². The number of carbonyl (C=O) groups is 1. The monoisotopic (exact) mass is 325 g/mol. The van der Waals surface area contributed by atoms with E-state index in [1.165, 1.54) is 11.6 Å². The number of aromatic nitrogens is 2. The number of hydrogen-bond donors (Lipinski definition) is 0. The van der Waals surface area contributed by atoms with Crippen molar-refractivity contribution in [2.24, 2.45) is 25.0 Å². The minimum absolute atomic E-state index is 0.0929. The zero-order chi connectivity index (χ0) is 17.0. The number of hydrogen-bond acceptors (Lipinski definition) is 5. The molecule has 1 fully saturated rings. The summed E-state index contributed by atoms with van der Waals surface area (Å²) in [6.45, 7) is 0.0929. The molecule has 2 aliphatic rings. The smallest absolute Gasteiger partial charge is 0.332 e. The fourth-order valence-electron chi connectivity index (χ4n) is 3.48. The van der Waals surface area contributed by atoms with Gasteiger partial charge >= 0.3 is 11.7 Å². The average Bonchev–Trinajstić information content (AvgIpc) is 2.98. The van der Waals surface area contributed by atoms with Gasteiger partial charge in [-0.05, 0) is 5.56 Å². The predicted octanol–water partition coefficient (Wildman–Crippen LogP) is 0.475. The highest BCUT2D eigenvalue weighted by Crippen LogP contribution is 2.42. The normalized spacial score (nSPS) is 21.8. The van der Waals surface area contributed by atoms with E-state index >= 15 is 0 Å². The summed E-state index contributed by atoms with van der Waals surface area (Å²) in [5, 5.41) is 0. The summed E-state index contributed by atoms with van der Waals surface area (Å²) in [5.74, 6) is -1.20. The van der Waals surface area contributed by atoms with Gasteiger partial charge < -0.3 is 4.74 Å². The summed E-state index contributed by atoms with van der Waals surface area (Å²) in [6.07, 6.45) is 0. The lowest BCUT2D eigenvalue weighted by molar-refractivity contribution is -0.141. The van der Waals surface area contributed by atoms with Crippen molar-refractivity contribution < 1.29 is 9.53 Å². The zero-order valence-electron chi connectivity index (χ0n) is 13.2. The van der Waals surface area contributed by atoms with Gasteiger partial charge in [0.1, 0.15) is 18.3 Å². The molecule has 2 aliphatic heterocycles. The molecular weight excluding hydrogens is 310 g/mol. The van der Waals surface area contributed by atoms with Crippen LogP contribution in [0.25, 0.3) is 0 Å². The number of aliphatic imine (C=N–C) groups is 1. The van der Waals surface area contributed by atoms with Gasteiger partial charge in [0, 0.05) is 20.0 Å². The van der Waals surface area contributed by atoms with Gasteiger partial charge in [0.15, 0.2) is 0 Å². The Morgan fingerprint density at radius 3 is 2.46 bits per heavy atom. The first-order valence-electron chi connectivity index (χ1n) is 7.59. The van der Waals surface area contributed by atoms with Crippen LogP contribution in [0.1, 0.15) is 17.0 Å². The van der Waals surface area contributed by atoms with Crippen LogP contribution in [0.2, 0.25) is 0 Å². The highest BCUT2D eigenvalue weighted by atomic mass is 16.5. The molecule has 1 aromatic heterocycles. The Morgan fingerprint density at radius 1 is 1.04 bits per heavy atom. The summed E-state index contributed by atoms with van der Waals surface area (Å²) in [5.41, 5.74) is 0.872. The highest BCUT2D eigenvalue weighted by molar-refractivity contribution is 6.10. The van der Waals surface area contributed by atoms with E-state index in [1.54, 1.807) is 7.05 Å². The third kappa shape index (κ3) is 1.84. The molecule has 7 nitrogen and oxygen atoms in total. The van der Waals surface area contributed by atoms with E-state index in [0.29, 0.717) is 17.1 Å². The number of rotatable bonds is 1. The quantitative estimate of drug-likeness (QED) is 0.714. The van der Waals surface area contributed by atoms with Crippen LogP contribution >= 0.6 is 0 Å². The topological polar surface area (TPSA) is 82.7 Å². The maximum atomic E-state index is 12.8. The molecule has 2 atom stereocenters. The molecule has 2 aromatic rings. The number of benzene rings is 1. The Kier molecular flexibility index (Phi) is 3.06. The lowest BCUT2D eigenvalue weighted by atomic mass is 9.78. The van der Waals surface area contributed by atoms with Crippen molar-refractivity contribution in [3.63, 3.8) is 0 Å². The van der Waals surface area contributed by atoms with Crippen LogP contribution in [0.5, 0.6) is 0 Å². The molecule has 7 heteroatoms. The van der Waals surface area contributed by atoms with Gasteiger partial charge in [-0.25, -0.2) is 9.79 Å². The number of carbonyl (C=O) groups excluding carboxylic acids is 1. The molecule has 0 aliphatic carbocycles. The predicted molar refractivity (Wildman–Crippen MR) is 86.8 cm³/mol. The minimum Gasteiger partial charge on any atom is -0.459 e. The molecular formula is C17H15N3O4. The van der Waals surface area contributed by atoms with Crippen LogP contribution in [0, 0.1) is 5.92 Å². The van der Waals surface area contributed by atoms with Crippen molar-refractivity contribution in [2.45, 2.75) is 5.92 Å². The number of fused-ring (bicyclic) bond motifs is 2. The lowest BCUT2D eigenvalue weighted by Crippen LogP contribution is -2.43. The van der Waals surface area contributed by atoms with Gasteiger partial charge in [-0.15, -0.1) is 0 Å². The van der Waals surface area contributed by atoms with Crippen molar-refractivity contribution in [2.75, 3.05) is 6.61 Å². The fourth-order valence-corrected chi connectivity index (χ4v) is 3.48. The van der Waals surface area contributed by atoms with Crippen molar-refractivity contribution in [1.82, 2.24) is 9.13 Å². The first-order valence-corrected chi connectivity index (χ1v) is 7.59. The van der Waals surface area contributed by atoms with Gasteiger partial charge in [0.2, 0.25) is 0 Å². The fraction of sp³-hybridized carbons (Fsp3) is 0.294. The lowest BCUT2D eigenvalue weighted by Gasteiger charge is -2.28. The standard InChI is InChI=1S/C17H15N3O4/c1-19-14-13(15(21)20(2)17(19)23)11(9-6-4-3-5-7-9)12-10(18-14)8-24-16(12)22/h3-7,11-12H,8H2,1-2H3. The largest absolute Gasteiger partial charge is 0.459 e. The molecule has 24 heavy (non-hydrogen) atoms. The van der Waals surface area contributed by atoms with E-state index in [-0.39, 0.29) is 12.6 Å². The Labute approximate surface area is 136 Å². The van der Waals surface area contributed by atoms with E-state index in [2.05, 4.69) is 4.99 Å². The molecule has 1 aromatic carbocycles. The van der Waals surface area contributed by atoms with E-state index in [1.807, 2.05) is 30.3 Å².